The number of halogens is 1. The Morgan fingerprint density at radius 1 is 1.04 bits per heavy atom. The summed E-state index contributed by atoms with van der Waals surface area (Å²) in [5.41, 5.74) is 1.87. The van der Waals surface area contributed by atoms with Crippen LogP contribution in [0.15, 0.2) is 54.1 Å². The number of hydrogen-bond donors (Lipinski definition) is 2. The number of benzene rings is 2. The second-order valence-electron chi connectivity index (χ2n) is 6.55. The third-order valence-corrected chi connectivity index (χ3v) is 4.87. The maximum absolute atomic E-state index is 12.7. The molecule has 3 rings (SSSR count). The highest BCUT2D eigenvalue weighted by molar-refractivity contribution is 6.46. The third kappa shape index (κ3) is 3.77. The lowest BCUT2D eigenvalue weighted by molar-refractivity contribution is -0.142. The van der Waals surface area contributed by atoms with Crippen LogP contribution in [0.4, 0.5) is 0 Å². The summed E-state index contributed by atoms with van der Waals surface area (Å²) in [5, 5.41) is 20.3. The first-order valence-corrected chi connectivity index (χ1v) is 9.00. The van der Waals surface area contributed by atoms with Crippen LogP contribution in [0.3, 0.4) is 0 Å². The van der Waals surface area contributed by atoms with E-state index in [0.717, 1.165) is 5.56 Å². The van der Waals surface area contributed by atoms with E-state index in [1.165, 1.54) is 4.90 Å². The van der Waals surface area contributed by atoms with Crippen LogP contribution in [0, 0.1) is 6.92 Å². The van der Waals surface area contributed by atoms with Gasteiger partial charge in [0, 0.05) is 17.1 Å². The number of carbonyl (C=O) groups excluding carboxylic acids is 2. The summed E-state index contributed by atoms with van der Waals surface area (Å²) in [5.74, 6) is -3.07. The molecule has 2 N–H and O–H groups in total. The van der Waals surface area contributed by atoms with Crippen molar-refractivity contribution in [3.63, 3.8) is 0 Å². The van der Waals surface area contributed by atoms with E-state index in [9.17, 15) is 19.5 Å². The van der Waals surface area contributed by atoms with Gasteiger partial charge in [0.1, 0.15) is 5.76 Å². The summed E-state index contributed by atoms with van der Waals surface area (Å²) >= 11 is 5.94. The number of aliphatic carboxylic acids is 1. The van der Waals surface area contributed by atoms with Crippen molar-refractivity contribution < 1.29 is 24.6 Å². The fourth-order valence-corrected chi connectivity index (χ4v) is 3.31. The second kappa shape index (κ2) is 7.86. The summed E-state index contributed by atoms with van der Waals surface area (Å²) in [7, 11) is 0. The number of nitrogens with zero attached hydrogens (tertiary/aromatic N) is 1. The molecule has 1 fully saturated rings. The zero-order chi connectivity index (χ0) is 20.4. The molecule has 2 aromatic rings. The first-order chi connectivity index (χ1) is 13.3. The highest BCUT2D eigenvalue weighted by atomic mass is 35.5. The lowest BCUT2D eigenvalue weighted by atomic mass is 9.95. The predicted octanol–water partition coefficient (Wildman–Crippen LogP) is 3.54. The van der Waals surface area contributed by atoms with Crippen molar-refractivity contribution in [1.82, 2.24) is 4.90 Å². The quantitative estimate of drug-likeness (QED) is 0.455. The van der Waals surface area contributed by atoms with Gasteiger partial charge in [0.25, 0.3) is 11.7 Å². The molecule has 0 aromatic heterocycles. The van der Waals surface area contributed by atoms with Crippen molar-refractivity contribution in [3.05, 3.63) is 75.8 Å². The Labute approximate surface area is 166 Å². The number of aliphatic hydroxyl groups excluding tert-OH is 1. The zero-order valence-corrected chi connectivity index (χ0v) is 15.8. The summed E-state index contributed by atoms with van der Waals surface area (Å²) in [4.78, 5) is 37.5. The van der Waals surface area contributed by atoms with Gasteiger partial charge >= 0.3 is 5.97 Å². The van der Waals surface area contributed by atoms with Crippen LogP contribution in [0.2, 0.25) is 5.02 Å². The normalized spacial score (nSPS) is 18.5. The third-order valence-electron chi connectivity index (χ3n) is 4.62. The van der Waals surface area contributed by atoms with Crippen molar-refractivity contribution >= 4 is 35.0 Å². The number of rotatable bonds is 5. The number of amides is 1. The number of aryl methyl sites for hydroxylation is 1. The maximum Gasteiger partial charge on any atom is 0.305 e. The molecule has 28 heavy (non-hydrogen) atoms. The number of carboxylic acid groups (broad SMARTS) is 1. The monoisotopic (exact) mass is 399 g/mol. The molecule has 0 spiro atoms. The Morgan fingerprint density at radius 3 is 2.21 bits per heavy atom. The van der Waals surface area contributed by atoms with E-state index < -0.39 is 23.7 Å². The summed E-state index contributed by atoms with van der Waals surface area (Å²) in [6.45, 7) is 1.74. The summed E-state index contributed by atoms with van der Waals surface area (Å²) < 4.78 is 0. The van der Waals surface area contributed by atoms with Gasteiger partial charge in [0.2, 0.25) is 0 Å². The van der Waals surface area contributed by atoms with Crippen molar-refractivity contribution in [1.29, 1.82) is 0 Å². The average Bonchev–Trinajstić information content (AvgIpc) is 2.91. The van der Waals surface area contributed by atoms with E-state index in [4.69, 9.17) is 16.7 Å². The molecular weight excluding hydrogens is 382 g/mol. The van der Waals surface area contributed by atoms with Crippen LogP contribution < -0.4 is 0 Å². The molecule has 0 bridgehead atoms. The minimum absolute atomic E-state index is 0.0680. The first kappa shape index (κ1) is 19.6. The summed E-state index contributed by atoms with van der Waals surface area (Å²) in [6, 6.07) is 12.5. The second-order valence-corrected chi connectivity index (χ2v) is 6.99. The van der Waals surface area contributed by atoms with E-state index >= 15 is 0 Å². The molecule has 0 aliphatic carbocycles. The molecule has 1 saturated heterocycles. The number of hydrogen-bond acceptors (Lipinski definition) is 4. The molecular formula is C21H18ClNO5. The maximum atomic E-state index is 12.7. The molecule has 7 heteroatoms. The Hall–Kier alpha value is -3.12. The van der Waals surface area contributed by atoms with Crippen LogP contribution in [0.25, 0.3) is 5.76 Å². The predicted molar refractivity (Wildman–Crippen MR) is 104 cm³/mol. The highest BCUT2D eigenvalue weighted by Crippen LogP contribution is 2.39. The van der Waals surface area contributed by atoms with Gasteiger partial charge < -0.3 is 15.1 Å². The minimum atomic E-state index is -1.09. The molecule has 1 amide bonds. The van der Waals surface area contributed by atoms with Crippen molar-refractivity contribution in [3.8, 4) is 0 Å². The fourth-order valence-electron chi connectivity index (χ4n) is 3.19. The number of carbonyl (C=O) groups is 3. The molecule has 1 aliphatic rings. The van der Waals surface area contributed by atoms with E-state index in [2.05, 4.69) is 0 Å². The number of carboxylic acids is 1. The SMILES string of the molecule is Cc1ccc(C(O)=C2C(=O)C(=O)N(CCC(=O)O)[C@@H]2c2ccc(Cl)cc2)cc1. The van der Waals surface area contributed by atoms with E-state index in [1.807, 2.05) is 6.92 Å². The number of aliphatic hydroxyl groups is 1. The fraction of sp³-hybridized carbons (Fsp3) is 0.190. The Balaban J connectivity index is 2.14. The highest BCUT2D eigenvalue weighted by Gasteiger charge is 2.46. The van der Waals surface area contributed by atoms with Crippen molar-refractivity contribution in [2.24, 2.45) is 0 Å². The van der Waals surface area contributed by atoms with Gasteiger partial charge in [-0.2, -0.15) is 0 Å². The zero-order valence-electron chi connectivity index (χ0n) is 15.1. The van der Waals surface area contributed by atoms with Gasteiger partial charge in [0.15, 0.2) is 0 Å². The van der Waals surface area contributed by atoms with Crippen LogP contribution in [0.1, 0.15) is 29.2 Å². The average molecular weight is 400 g/mol. The van der Waals surface area contributed by atoms with Crippen LogP contribution in [-0.4, -0.2) is 39.3 Å². The van der Waals surface area contributed by atoms with E-state index in [1.54, 1.807) is 48.5 Å². The van der Waals surface area contributed by atoms with Crippen LogP contribution in [0.5, 0.6) is 0 Å². The Morgan fingerprint density at radius 2 is 1.64 bits per heavy atom. The molecule has 1 heterocycles. The van der Waals surface area contributed by atoms with E-state index in [-0.39, 0.29) is 24.3 Å². The molecule has 0 unspecified atom stereocenters. The van der Waals surface area contributed by atoms with Crippen LogP contribution >= 0.6 is 11.6 Å². The standard InChI is InChI=1S/C21H18ClNO5/c1-12-2-4-14(5-3-12)19(26)17-18(13-6-8-15(22)9-7-13)23(11-10-16(24)25)21(28)20(17)27/h2-9,18,26H,10-11H2,1H3,(H,24,25)/t18-/m1/s1. The lowest BCUT2D eigenvalue weighted by Crippen LogP contribution is -2.31. The summed E-state index contributed by atoms with van der Waals surface area (Å²) in [6.07, 6.45) is -0.318. The van der Waals surface area contributed by atoms with Gasteiger partial charge in [-0.05, 0) is 24.6 Å². The number of likely N-dealkylation sites (tertiary alicyclic amines) is 1. The van der Waals surface area contributed by atoms with E-state index in [0.29, 0.717) is 16.1 Å². The molecule has 0 radical (unpaired) electrons. The molecule has 0 saturated carbocycles. The number of Topliss-reactive ketones (excluding diaryl/α,β-unsaturated/α-hetero) is 1. The van der Waals surface area contributed by atoms with Crippen LogP contribution in [-0.2, 0) is 14.4 Å². The number of ketones is 1. The smallest absolute Gasteiger partial charge is 0.305 e. The molecule has 2 aromatic carbocycles. The van der Waals surface area contributed by atoms with Gasteiger partial charge in [-0.25, -0.2) is 0 Å². The Kier molecular flexibility index (Phi) is 5.51. The van der Waals surface area contributed by atoms with Gasteiger partial charge in [-0.15, -0.1) is 0 Å². The van der Waals surface area contributed by atoms with Gasteiger partial charge in [-0.1, -0.05) is 53.6 Å². The largest absolute Gasteiger partial charge is 0.507 e. The first-order valence-electron chi connectivity index (χ1n) is 8.62. The lowest BCUT2D eigenvalue weighted by Gasteiger charge is -2.24. The van der Waals surface area contributed by atoms with Crippen molar-refractivity contribution in [2.75, 3.05) is 6.54 Å². The van der Waals surface area contributed by atoms with Crippen molar-refractivity contribution in [2.45, 2.75) is 19.4 Å². The Bertz CT molecular complexity index is 963. The molecule has 6 nitrogen and oxygen atoms in total. The molecule has 144 valence electrons. The topological polar surface area (TPSA) is 94.9 Å². The van der Waals surface area contributed by atoms with Gasteiger partial charge in [0.05, 0.1) is 18.0 Å². The molecule has 1 aliphatic heterocycles. The molecule has 1 atom stereocenters. The van der Waals surface area contributed by atoms with Gasteiger partial charge in [-0.3, -0.25) is 14.4 Å². The minimum Gasteiger partial charge on any atom is -0.507 e.